The predicted octanol–water partition coefficient (Wildman–Crippen LogP) is 15.4. The van der Waals surface area contributed by atoms with Crippen LogP contribution >= 0.6 is 0 Å². The number of nitriles is 1. The Bertz CT molecular complexity index is 3810. The topological polar surface area (TPSA) is 76.7 Å². The maximum atomic E-state index is 10.4. The van der Waals surface area contributed by atoms with Crippen molar-refractivity contribution in [2.45, 2.75) is 13.8 Å². The van der Waals surface area contributed by atoms with Gasteiger partial charge in [-0.3, -0.25) is 0 Å². The number of benzene rings is 9. The van der Waals surface area contributed by atoms with Gasteiger partial charge in [-0.15, -0.1) is 0 Å². The van der Waals surface area contributed by atoms with Crippen LogP contribution in [-0.2, 0) is 0 Å². The van der Waals surface area contributed by atoms with Crippen LogP contribution in [-0.4, -0.2) is 24.1 Å². The largest absolute Gasteiger partial charge is 0.309 e. The van der Waals surface area contributed by atoms with Crippen LogP contribution in [0.1, 0.15) is 16.7 Å². The van der Waals surface area contributed by atoms with Crippen molar-refractivity contribution in [3.63, 3.8) is 0 Å². The van der Waals surface area contributed by atoms with Gasteiger partial charge >= 0.3 is 0 Å². The Morgan fingerprint density at radius 3 is 1.40 bits per heavy atom. The monoisotopic (exact) mass is 869 g/mol. The number of nitrogens with zero attached hydrogens (tertiary/aromatic N) is 7. The van der Waals surface area contributed by atoms with Crippen LogP contribution < -0.4 is 0 Å². The molecule has 318 valence electrons. The van der Waals surface area contributed by atoms with E-state index in [0.29, 0.717) is 39.9 Å². The fourth-order valence-corrected chi connectivity index (χ4v) is 9.60. The van der Waals surface area contributed by atoms with E-state index in [1.807, 2.05) is 66.7 Å². The minimum atomic E-state index is 0.396. The van der Waals surface area contributed by atoms with Gasteiger partial charge in [0, 0.05) is 38.2 Å². The molecule has 7 nitrogen and oxygen atoms in total. The number of fused-ring (bicyclic) bond motifs is 6. The highest BCUT2D eigenvalue weighted by atomic mass is 15.1. The Hall–Kier alpha value is -9.43. The fourth-order valence-electron chi connectivity index (χ4n) is 9.60. The molecule has 0 aliphatic heterocycles. The third-order valence-corrected chi connectivity index (χ3v) is 13.0. The molecule has 0 spiro atoms. The van der Waals surface area contributed by atoms with E-state index in [0.717, 1.165) is 82.8 Å². The van der Waals surface area contributed by atoms with E-state index in [1.165, 1.54) is 11.1 Å². The molecule has 12 rings (SSSR count). The zero-order chi connectivity index (χ0) is 45.9. The number of para-hydroxylation sites is 2. The van der Waals surface area contributed by atoms with Crippen molar-refractivity contribution in [2.24, 2.45) is 0 Å². The van der Waals surface area contributed by atoms with E-state index in [9.17, 15) is 5.26 Å². The summed E-state index contributed by atoms with van der Waals surface area (Å²) >= 11 is 0. The Kier molecular flexibility index (Phi) is 9.57. The standard InChI is InChI=1S/C61H39N7/c1-38-17-22-41(23-18-38)44-26-30-55-49(34-44)47-13-7-9-15-53(47)67(55)57-29-21-40(37-62)33-51(57)60-64-59(43-11-5-4-6-12-43)65-61(66-60)52-36-46(63-3)28-32-58(52)68-54-16-10-8-14-48(54)50-35-45(27-31-56(50)68)42-24-19-39(2)20-25-42/h4-36H,1-2H3. The van der Waals surface area contributed by atoms with Gasteiger partial charge in [-0.1, -0.05) is 145 Å². The maximum Gasteiger partial charge on any atom is 0.188 e. The Morgan fingerprint density at radius 1 is 0.412 bits per heavy atom. The van der Waals surface area contributed by atoms with Gasteiger partial charge in [0.1, 0.15) is 0 Å². The molecule has 0 N–H and O–H groups in total. The number of aryl methyl sites for hydroxylation is 2. The van der Waals surface area contributed by atoms with E-state index in [4.69, 9.17) is 21.5 Å². The first-order chi connectivity index (χ1) is 33.4. The zero-order valence-corrected chi connectivity index (χ0v) is 37.2. The van der Waals surface area contributed by atoms with E-state index in [1.54, 1.807) is 0 Å². The molecule has 3 aromatic heterocycles. The first kappa shape index (κ1) is 40.1. The van der Waals surface area contributed by atoms with Gasteiger partial charge in [0.05, 0.1) is 51.6 Å². The number of hydrogen-bond acceptors (Lipinski definition) is 4. The van der Waals surface area contributed by atoms with Gasteiger partial charge in [-0.05, 0) is 103 Å². The second-order valence-corrected chi connectivity index (χ2v) is 17.2. The number of rotatable bonds is 7. The summed E-state index contributed by atoms with van der Waals surface area (Å²) in [5.74, 6) is 1.26. The average Bonchev–Trinajstić information content (AvgIpc) is 3.91. The van der Waals surface area contributed by atoms with Gasteiger partial charge in [0.2, 0.25) is 0 Å². The molecule has 0 aliphatic carbocycles. The molecule has 0 radical (unpaired) electrons. The fraction of sp³-hybridized carbons (Fsp3) is 0.0328. The lowest BCUT2D eigenvalue weighted by Crippen LogP contribution is -2.05. The van der Waals surface area contributed by atoms with Gasteiger partial charge in [0.25, 0.3) is 0 Å². The van der Waals surface area contributed by atoms with Crippen molar-refractivity contribution in [3.8, 4) is 73.9 Å². The molecule has 7 heteroatoms. The highest BCUT2D eigenvalue weighted by Crippen LogP contribution is 2.41. The van der Waals surface area contributed by atoms with E-state index >= 15 is 0 Å². The van der Waals surface area contributed by atoms with Crippen molar-refractivity contribution in [1.29, 1.82) is 5.26 Å². The van der Waals surface area contributed by atoms with Crippen LogP contribution in [0.25, 0.3) is 116 Å². The summed E-state index contributed by atoms with van der Waals surface area (Å²) in [6.07, 6.45) is 0. The van der Waals surface area contributed by atoms with Crippen LogP contribution in [0.5, 0.6) is 0 Å². The molecule has 3 heterocycles. The normalized spacial score (nSPS) is 11.4. The number of aromatic nitrogens is 5. The summed E-state index contributed by atoms with van der Waals surface area (Å²) in [6, 6.07) is 71.1. The van der Waals surface area contributed by atoms with Gasteiger partial charge in [-0.2, -0.15) is 5.26 Å². The zero-order valence-electron chi connectivity index (χ0n) is 37.2. The molecular formula is C61H39N7. The quantitative estimate of drug-likeness (QED) is 0.150. The highest BCUT2D eigenvalue weighted by Gasteiger charge is 2.23. The molecule has 0 bridgehead atoms. The second-order valence-electron chi connectivity index (χ2n) is 17.2. The first-order valence-corrected chi connectivity index (χ1v) is 22.5. The Balaban J connectivity index is 1.10. The molecule has 9 aromatic carbocycles. The smallest absolute Gasteiger partial charge is 0.188 e. The van der Waals surface area contributed by atoms with Crippen LogP contribution in [0.15, 0.2) is 200 Å². The van der Waals surface area contributed by atoms with Crippen molar-refractivity contribution in [3.05, 3.63) is 228 Å². The third-order valence-electron chi connectivity index (χ3n) is 13.0. The lowest BCUT2D eigenvalue weighted by atomic mass is 10.0. The molecule has 0 saturated carbocycles. The van der Waals surface area contributed by atoms with E-state index < -0.39 is 0 Å². The predicted molar refractivity (Wildman–Crippen MR) is 276 cm³/mol. The molecule has 0 saturated heterocycles. The van der Waals surface area contributed by atoms with E-state index in [2.05, 4.69) is 167 Å². The minimum Gasteiger partial charge on any atom is -0.309 e. The van der Waals surface area contributed by atoms with E-state index in [-0.39, 0.29) is 0 Å². The summed E-state index contributed by atoms with van der Waals surface area (Å²) in [6.45, 7) is 12.4. The Labute approximate surface area is 393 Å². The molecule has 68 heavy (non-hydrogen) atoms. The molecule has 0 aliphatic rings. The van der Waals surface area contributed by atoms with Gasteiger partial charge in [-0.25, -0.2) is 19.8 Å². The maximum absolute atomic E-state index is 10.4. The first-order valence-electron chi connectivity index (χ1n) is 22.5. The van der Waals surface area contributed by atoms with Crippen LogP contribution in [0.3, 0.4) is 0 Å². The lowest BCUT2D eigenvalue weighted by Gasteiger charge is -2.17. The van der Waals surface area contributed by atoms with Crippen molar-refractivity contribution in [1.82, 2.24) is 24.1 Å². The lowest BCUT2D eigenvalue weighted by molar-refractivity contribution is 1.06. The van der Waals surface area contributed by atoms with Gasteiger partial charge < -0.3 is 9.13 Å². The highest BCUT2D eigenvalue weighted by molar-refractivity contribution is 6.12. The molecule has 0 fully saturated rings. The Morgan fingerprint density at radius 2 is 0.868 bits per heavy atom. The van der Waals surface area contributed by atoms with Crippen LogP contribution in [0.4, 0.5) is 5.69 Å². The molecule has 0 amide bonds. The third kappa shape index (κ3) is 6.78. The van der Waals surface area contributed by atoms with Crippen molar-refractivity contribution < 1.29 is 0 Å². The number of hydrogen-bond donors (Lipinski definition) is 0. The molecular weight excluding hydrogens is 831 g/mol. The van der Waals surface area contributed by atoms with Crippen LogP contribution in [0.2, 0.25) is 0 Å². The van der Waals surface area contributed by atoms with Crippen LogP contribution in [0, 0.1) is 31.8 Å². The van der Waals surface area contributed by atoms with Gasteiger partial charge in [0.15, 0.2) is 23.2 Å². The average molecular weight is 870 g/mol. The summed E-state index contributed by atoms with van der Waals surface area (Å²) in [4.78, 5) is 19.7. The van der Waals surface area contributed by atoms with Crippen molar-refractivity contribution >= 4 is 49.3 Å². The SMILES string of the molecule is [C-]#[N+]c1ccc(-n2c3ccccc3c3cc(-c4ccc(C)cc4)ccc32)c(-c2nc(-c3ccccc3)nc(-c3cc(C#N)ccc3-n3c4ccccc4c4cc(-c5ccc(C)cc5)ccc43)n2)c1. The minimum absolute atomic E-state index is 0.396. The summed E-state index contributed by atoms with van der Waals surface area (Å²) in [5.41, 5.74) is 15.7. The molecule has 0 unspecified atom stereocenters. The van der Waals surface area contributed by atoms with Crippen molar-refractivity contribution in [2.75, 3.05) is 0 Å². The molecule has 0 atom stereocenters. The second kappa shape index (κ2) is 16.2. The molecule has 12 aromatic rings. The summed E-state index contributed by atoms with van der Waals surface area (Å²) in [5, 5.41) is 14.8. The summed E-state index contributed by atoms with van der Waals surface area (Å²) in [7, 11) is 0. The summed E-state index contributed by atoms with van der Waals surface area (Å²) < 4.78 is 4.50.